The number of carbonyl (C=O) groups excluding carboxylic acids is 1. The fraction of sp³-hybridized carbons (Fsp3) is 0.375. The fourth-order valence-electron chi connectivity index (χ4n) is 2.03. The number of rotatable bonds is 10. The number of para-hydroxylation sites is 1. The van der Waals surface area contributed by atoms with Crippen molar-refractivity contribution in [2.24, 2.45) is 0 Å². The Bertz CT molecular complexity index is 567. The summed E-state index contributed by atoms with van der Waals surface area (Å²) in [6.07, 6.45) is 1.67. The SMILES string of the molecule is C=CCOCCOCCOCC1=[N+]([O-])c2ccccc2C1=O. The number of carbonyl (C=O) groups is 1. The molecule has 0 bridgehead atoms. The van der Waals surface area contributed by atoms with Gasteiger partial charge in [-0.15, -0.1) is 6.58 Å². The number of ether oxygens (including phenoxy) is 3. The third-order valence-electron chi connectivity index (χ3n) is 3.09. The number of ketones is 1. The molecule has 6 heteroatoms. The van der Waals surface area contributed by atoms with E-state index < -0.39 is 0 Å². The first-order valence-corrected chi connectivity index (χ1v) is 7.06. The molecular formula is C16H19NO5. The van der Waals surface area contributed by atoms with Crippen LogP contribution < -0.4 is 0 Å². The quantitative estimate of drug-likeness (QED) is 0.285. The summed E-state index contributed by atoms with van der Waals surface area (Å²) in [4.78, 5) is 12.1. The highest BCUT2D eigenvalue weighted by Gasteiger charge is 2.34. The van der Waals surface area contributed by atoms with Crippen LogP contribution in [0.2, 0.25) is 0 Å². The Kier molecular flexibility index (Phi) is 6.27. The molecule has 1 aliphatic heterocycles. The first-order chi connectivity index (χ1) is 10.8. The van der Waals surface area contributed by atoms with Gasteiger partial charge in [0, 0.05) is 6.07 Å². The molecule has 6 nitrogen and oxygen atoms in total. The van der Waals surface area contributed by atoms with Crippen molar-refractivity contribution in [1.82, 2.24) is 0 Å². The minimum atomic E-state index is -0.274. The van der Waals surface area contributed by atoms with Crippen molar-refractivity contribution in [2.75, 3.05) is 39.6 Å². The number of benzene rings is 1. The second-order valence-electron chi connectivity index (χ2n) is 4.62. The van der Waals surface area contributed by atoms with Crippen molar-refractivity contribution in [3.05, 3.63) is 47.7 Å². The minimum Gasteiger partial charge on any atom is -0.618 e. The lowest BCUT2D eigenvalue weighted by molar-refractivity contribution is -0.358. The molecule has 0 aromatic heterocycles. The Hall–Kier alpha value is -2.02. The molecule has 0 radical (unpaired) electrons. The minimum absolute atomic E-state index is 0.0205. The molecule has 0 fully saturated rings. The van der Waals surface area contributed by atoms with Crippen LogP contribution in [0.4, 0.5) is 5.69 Å². The van der Waals surface area contributed by atoms with Gasteiger partial charge in [-0.25, -0.2) is 0 Å². The number of fused-ring (bicyclic) bond motifs is 1. The second kappa shape index (κ2) is 8.43. The number of Topliss-reactive ketones (excluding diaryl/α,β-unsaturated/α-hetero) is 1. The van der Waals surface area contributed by atoms with Gasteiger partial charge in [0.25, 0.3) is 11.5 Å². The summed E-state index contributed by atoms with van der Waals surface area (Å²) < 4.78 is 16.4. The van der Waals surface area contributed by atoms with Crippen molar-refractivity contribution in [3.8, 4) is 0 Å². The molecule has 1 heterocycles. The van der Waals surface area contributed by atoms with Gasteiger partial charge >= 0.3 is 0 Å². The lowest BCUT2D eigenvalue weighted by atomic mass is 10.1. The van der Waals surface area contributed by atoms with E-state index in [2.05, 4.69) is 6.58 Å². The fourth-order valence-corrected chi connectivity index (χ4v) is 2.03. The largest absolute Gasteiger partial charge is 0.618 e. The number of hydrogen-bond donors (Lipinski definition) is 0. The van der Waals surface area contributed by atoms with Crippen molar-refractivity contribution in [3.63, 3.8) is 0 Å². The third kappa shape index (κ3) is 4.00. The first-order valence-electron chi connectivity index (χ1n) is 7.06. The molecule has 22 heavy (non-hydrogen) atoms. The molecule has 1 aromatic carbocycles. The maximum Gasteiger partial charge on any atom is 0.267 e. The van der Waals surface area contributed by atoms with E-state index >= 15 is 0 Å². The summed E-state index contributed by atoms with van der Waals surface area (Å²) in [5.41, 5.74) is 0.906. The van der Waals surface area contributed by atoms with E-state index in [-0.39, 0.29) is 18.1 Å². The molecule has 0 amide bonds. The van der Waals surface area contributed by atoms with Gasteiger partial charge in [-0.05, 0) is 6.07 Å². The predicted octanol–water partition coefficient (Wildman–Crippen LogP) is 1.70. The van der Waals surface area contributed by atoms with E-state index in [9.17, 15) is 10.0 Å². The molecule has 1 aromatic rings. The Balaban J connectivity index is 1.67. The normalized spacial score (nSPS) is 13.5. The lowest BCUT2D eigenvalue weighted by Gasteiger charge is -2.05. The standard InChI is InChI=1S/C16H19NO5/c1-2-7-20-8-9-21-10-11-22-12-15-16(18)13-5-3-4-6-14(13)17(15)19/h2-6H,1,7-12H2. The van der Waals surface area contributed by atoms with E-state index in [4.69, 9.17) is 14.2 Å². The Morgan fingerprint density at radius 3 is 2.50 bits per heavy atom. The summed E-state index contributed by atoms with van der Waals surface area (Å²) in [6.45, 7) is 5.66. The Morgan fingerprint density at radius 2 is 1.77 bits per heavy atom. The van der Waals surface area contributed by atoms with Crippen LogP contribution in [0.1, 0.15) is 10.4 Å². The van der Waals surface area contributed by atoms with Crippen LogP contribution in [0, 0.1) is 5.21 Å². The van der Waals surface area contributed by atoms with Gasteiger partial charge in [0.2, 0.25) is 5.69 Å². The maximum absolute atomic E-state index is 12.1. The number of nitrogens with zero attached hydrogens (tertiary/aromatic N) is 1. The zero-order valence-electron chi connectivity index (χ0n) is 12.3. The summed E-state index contributed by atoms with van der Waals surface area (Å²) in [6, 6.07) is 6.72. The molecule has 0 saturated heterocycles. The highest BCUT2D eigenvalue weighted by molar-refractivity contribution is 6.47. The van der Waals surface area contributed by atoms with Crippen LogP contribution in [-0.2, 0) is 14.2 Å². The summed E-state index contributed by atoms with van der Waals surface area (Å²) in [7, 11) is 0. The van der Waals surface area contributed by atoms with Crippen molar-refractivity contribution in [2.45, 2.75) is 0 Å². The summed E-state index contributed by atoms with van der Waals surface area (Å²) >= 11 is 0. The second-order valence-corrected chi connectivity index (χ2v) is 4.62. The average molecular weight is 305 g/mol. The van der Waals surface area contributed by atoms with E-state index in [0.29, 0.717) is 49.0 Å². The van der Waals surface area contributed by atoms with Gasteiger partial charge < -0.3 is 19.4 Å². The van der Waals surface area contributed by atoms with Crippen LogP contribution in [0.5, 0.6) is 0 Å². The smallest absolute Gasteiger partial charge is 0.267 e. The molecule has 0 atom stereocenters. The summed E-state index contributed by atoms with van der Waals surface area (Å²) in [5, 5.41) is 12.0. The van der Waals surface area contributed by atoms with Gasteiger partial charge in [0.1, 0.15) is 12.2 Å². The van der Waals surface area contributed by atoms with Crippen molar-refractivity contribution >= 4 is 17.2 Å². The molecule has 0 saturated carbocycles. The lowest BCUT2D eigenvalue weighted by Crippen LogP contribution is -2.23. The molecule has 0 spiro atoms. The zero-order valence-corrected chi connectivity index (χ0v) is 12.3. The molecule has 0 N–H and O–H groups in total. The highest BCUT2D eigenvalue weighted by Crippen LogP contribution is 2.25. The van der Waals surface area contributed by atoms with E-state index in [1.54, 1.807) is 30.3 Å². The van der Waals surface area contributed by atoms with E-state index in [1.165, 1.54) is 0 Å². The van der Waals surface area contributed by atoms with Crippen LogP contribution >= 0.6 is 0 Å². The van der Waals surface area contributed by atoms with E-state index in [1.807, 2.05) is 0 Å². The van der Waals surface area contributed by atoms with E-state index in [0.717, 1.165) is 0 Å². The van der Waals surface area contributed by atoms with Gasteiger partial charge in [-0.1, -0.05) is 18.2 Å². The van der Waals surface area contributed by atoms with Gasteiger partial charge in [0.05, 0.1) is 33.0 Å². The van der Waals surface area contributed by atoms with Crippen LogP contribution in [0.3, 0.4) is 0 Å². The topological polar surface area (TPSA) is 70.8 Å². The monoisotopic (exact) mass is 305 g/mol. The average Bonchev–Trinajstić information content (AvgIpc) is 2.78. The summed E-state index contributed by atoms with van der Waals surface area (Å²) in [5.74, 6) is -0.274. The Morgan fingerprint density at radius 1 is 1.09 bits per heavy atom. The van der Waals surface area contributed by atoms with Crippen LogP contribution in [-0.4, -0.2) is 55.9 Å². The highest BCUT2D eigenvalue weighted by atomic mass is 16.5. The van der Waals surface area contributed by atoms with Crippen molar-refractivity contribution in [1.29, 1.82) is 0 Å². The predicted molar refractivity (Wildman–Crippen MR) is 81.7 cm³/mol. The first kappa shape index (κ1) is 16.4. The molecule has 2 rings (SSSR count). The third-order valence-corrected chi connectivity index (χ3v) is 3.09. The molecule has 118 valence electrons. The molecule has 0 aliphatic carbocycles. The van der Waals surface area contributed by atoms with Gasteiger partial charge in [0.15, 0.2) is 0 Å². The number of hydrogen-bond acceptors (Lipinski definition) is 5. The molecular weight excluding hydrogens is 286 g/mol. The maximum atomic E-state index is 12.1. The van der Waals surface area contributed by atoms with Gasteiger partial charge in [-0.2, -0.15) is 4.74 Å². The molecule has 0 unspecified atom stereocenters. The van der Waals surface area contributed by atoms with Crippen LogP contribution in [0.25, 0.3) is 0 Å². The van der Waals surface area contributed by atoms with Crippen LogP contribution in [0.15, 0.2) is 36.9 Å². The Labute approximate surface area is 129 Å². The zero-order chi connectivity index (χ0) is 15.8. The van der Waals surface area contributed by atoms with Crippen molar-refractivity contribution < 1.29 is 23.7 Å². The van der Waals surface area contributed by atoms with Gasteiger partial charge in [-0.3, -0.25) is 4.79 Å². The molecule has 1 aliphatic rings.